The fraction of sp³-hybridized carbons (Fsp3) is 0.533. The first kappa shape index (κ1) is 14.2. The third kappa shape index (κ3) is 3.61. The molecule has 1 fully saturated rings. The van der Waals surface area contributed by atoms with Crippen LogP contribution in [0.25, 0.3) is 0 Å². The van der Waals surface area contributed by atoms with Crippen LogP contribution < -0.4 is 0 Å². The molecule has 1 heterocycles. The molecule has 1 atom stereocenters. The molecule has 0 saturated carbocycles. The van der Waals surface area contributed by atoms with Gasteiger partial charge in [0, 0.05) is 12.6 Å². The quantitative estimate of drug-likeness (QED) is 0.778. The number of nitrogens with zero attached hydrogens (tertiary/aromatic N) is 2. The minimum absolute atomic E-state index is 0.127. The van der Waals surface area contributed by atoms with Crippen LogP contribution in [-0.4, -0.2) is 55.4 Å². The van der Waals surface area contributed by atoms with Gasteiger partial charge < -0.3 is 4.90 Å². The van der Waals surface area contributed by atoms with Crippen molar-refractivity contribution in [2.45, 2.75) is 18.9 Å². The number of carbonyl (C=O) groups excluding carboxylic acids is 1. The molecule has 0 aromatic heterocycles. The van der Waals surface area contributed by atoms with E-state index >= 15 is 0 Å². The Morgan fingerprint density at radius 1 is 1.42 bits per heavy atom. The lowest BCUT2D eigenvalue weighted by molar-refractivity contribution is 0.0848. The van der Waals surface area contributed by atoms with Gasteiger partial charge in [0.15, 0.2) is 5.78 Å². The second-order valence-corrected chi connectivity index (χ2v) is 5.40. The number of benzene rings is 1. The van der Waals surface area contributed by atoms with Gasteiger partial charge in [0.25, 0.3) is 0 Å². The fourth-order valence-electron chi connectivity index (χ4n) is 2.57. The third-order valence-corrected chi connectivity index (χ3v) is 3.75. The van der Waals surface area contributed by atoms with Crippen molar-refractivity contribution in [1.82, 2.24) is 9.80 Å². The van der Waals surface area contributed by atoms with Gasteiger partial charge in [-0.3, -0.25) is 9.69 Å². The van der Waals surface area contributed by atoms with E-state index in [1.807, 2.05) is 0 Å². The van der Waals surface area contributed by atoms with Crippen molar-refractivity contribution in [1.29, 1.82) is 0 Å². The van der Waals surface area contributed by atoms with Gasteiger partial charge in [-0.2, -0.15) is 0 Å². The molecule has 19 heavy (non-hydrogen) atoms. The van der Waals surface area contributed by atoms with Crippen molar-refractivity contribution in [3.05, 3.63) is 35.6 Å². The van der Waals surface area contributed by atoms with E-state index in [9.17, 15) is 9.18 Å². The van der Waals surface area contributed by atoms with E-state index in [1.165, 1.54) is 6.07 Å². The van der Waals surface area contributed by atoms with E-state index in [2.05, 4.69) is 23.9 Å². The van der Waals surface area contributed by atoms with Crippen LogP contribution in [0.5, 0.6) is 0 Å². The number of likely N-dealkylation sites (tertiary alicyclic amines) is 1. The summed E-state index contributed by atoms with van der Waals surface area (Å²) >= 11 is 0. The highest BCUT2D eigenvalue weighted by Crippen LogP contribution is 2.15. The summed E-state index contributed by atoms with van der Waals surface area (Å²) in [5.41, 5.74) is 0.203. The highest BCUT2D eigenvalue weighted by atomic mass is 19.1. The van der Waals surface area contributed by atoms with Crippen LogP contribution in [0.2, 0.25) is 0 Å². The topological polar surface area (TPSA) is 23.6 Å². The highest BCUT2D eigenvalue weighted by molar-refractivity contribution is 5.97. The van der Waals surface area contributed by atoms with Crippen LogP contribution in [0.1, 0.15) is 23.2 Å². The highest BCUT2D eigenvalue weighted by Gasteiger charge is 2.23. The van der Waals surface area contributed by atoms with Crippen LogP contribution in [0.3, 0.4) is 0 Å². The van der Waals surface area contributed by atoms with Gasteiger partial charge in [0.05, 0.1) is 12.1 Å². The summed E-state index contributed by atoms with van der Waals surface area (Å²) in [6, 6.07) is 6.70. The lowest BCUT2D eigenvalue weighted by atomic mass is 10.0. The number of Topliss-reactive ketones (excluding diaryl/α,β-unsaturated/α-hetero) is 1. The number of likely N-dealkylation sites (N-methyl/N-ethyl adjacent to an activating group) is 1. The first-order valence-corrected chi connectivity index (χ1v) is 6.74. The average molecular weight is 264 g/mol. The number of halogens is 1. The maximum Gasteiger partial charge on any atom is 0.179 e. The van der Waals surface area contributed by atoms with Crippen LogP contribution in [0.4, 0.5) is 4.39 Å². The van der Waals surface area contributed by atoms with E-state index in [1.54, 1.807) is 18.2 Å². The maximum absolute atomic E-state index is 13.6. The zero-order chi connectivity index (χ0) is 13.8. The number of ketones is 1. The van der Waals surface area contributed by atoms with Crippen LogP contribution in [-0.2, 0) is 0 Å². The molecule has 0 amide bonds. The summed E-state index contributed by atoms with van der Waals surface area (Å²) in [6.07, 6.45) is 2.25. The molecular formula is C15H21FN2O. The smallest absolute Gasteiger partial charge is 0.179 e. The maximum atomic E-state index is 13.6. The standard InChI is InChI=1S/C15H21FN2O/c1-17(2)12-6-5-9-18(10-12)11-15(19)13-7-3-4-8-14(13)16/h3-4,7-8,12H,5-6,9-11H2,1-2H3. The number of hydrogen-bond acceptors (Lipinski definition) is 3. The Labute approximate surface area is 114 Å². The lowest BCUT2D eigenvalue weighted by Gasteiger charge is -2.35. The molecule has 1 aliphatic heterocycles. The second-order valence-electron chi connectivity index (χ2n) is 5.40. The molecule has 0 spiro atoms. The number of rotatable bonds is 4. The summed E-state index contributed by atoms with van der Waals surface area (Å²) < 4.78 is 13.6. The van der Waals surface area contributed by atoms with Gasteiger partial charge in [-0.05, 0) is 45.6 Å². The Morgan fingerprint density at radius 3 is 2.84 bits per heavy atom. The van der Waals surface area contributed by atoms with Crippen LogP contribution >= 0.6 is 0 Å². The summed E-state index contributed by atoms with van der Waals surface area (Å²) in [5.74, 6) is -0.550. The van der Waals surface area contributed by atoms with Crippen molar-refractivity contribution in [2.24, 2.45) is 0 Å². The molecule has 3 nitrogen and oxygen atoms in total. The molecule has 1 aromatic rings. The van der Waals surface area contributed by atoms with Crippen molar-refractivity contribution in [2.75, 3.05) is 33.7 Å². The SMILES string of the molecule is CN(C)C1CCCN(CC(=O)c2ccccc2F)C1. The molecular weight excluding hydrogens is 243 g/mol. The molecule has 0 N–H and O–H groups in total. The monoisotopic (exact) mass is 264 g/mol. The number of carbonyl (C=O) groups is 1. The minimum atomic E-state index is -0.423. The summed E-state index contributed by atoms with van der Waals surface area (Å²) in [6.45, 7) is 2.11. The fourth-order valence-corrected chi connectivity index (χ4v) is 2.57. The lowest BCUT2D eigenvalue weighted by Crippen LogP contribution is -2.46. The normalized spacial score (nSPS) is 20.7. The Balaban J connectivity index is 1.97. The van der Waals surface area contributed by atoms with Crippen molar-refractivity contribution in [3.63, 3.8) is 0 Å². The molecule has 1 aliphatic rings. The Morgan fingerprint density at radius 2 is 2.16 bits per heavy atom. The average Bonchev–Trinajstić information content (AvgIpc) is 2.39. The predicted octanol–water partition coefficient (Wildman–Crippen LogP) is 2.03. The molecule has 2 rings (SSSR count). The van der Waals surface area contributed by atoms with Crippen molar-refractivity contribution in [3.8, 4) is 0 Å². The van der Waals surface area contributed by atoms with Gasteiger partial charge in [-0.1, -0.05) is 12.1 Å². The molecule has 0 bridgehead atoms. The second kappa shape index (κ2) is 6.26. The third-order valence-electron chi connectivity index (χ3n) is 3.75. The largest absolute Gasteiger partial charge is 0.305 e. The summed E-state index contributed by atoms with van der Waals surface area (Å²) in [7, 11) is 4.12. The molecule has 1 saturated heterocycles. The van der Waals surface area contributed by atoms with Gasteiger partial charge >= 0.3 is 0 Å². The van der Waals surface area contributed by atoms with Crippen LogP contribution in [0.15, 0.2) is 24.3 Å². The van der Waals surface area contributed by atoms with Gasteiger partial charge in [-0.25, -0.2) is 4.39 Å². The molecule has 104 valence electrons. The van der Waals surface area contributed by atoms with Crippen molar-refractivity contribution < 1.29 is 9.18 Å². The molecule has 0 radical (unpaired) electrons. The first-order chi connectivity index (χ1) is 9.08. The van der Waals surface area contributed by atoms with E-state index < -0.39 is 5.82 Å². The zero-order valence-corrected chi connectivity index (χ0v) is 11.6. The van der Waals surface area contributed by atoms with E-state index in [-0.39, 0.29) is 11.3 Å². The minimum Gasteiger partial charge on any atom is -0.305 e. The van der Waals surface area contributed by atoms with E-state index in [0.717, 1.165) is 25.9 Å². The zero-order valence-electron chi connectivity index (χ0n) is 11.6. The van der Waals surface area contributed by atoms with Gasteiger partial charge in [0.1, 0.15) is 5.82 Å². The Bertz CT molecular complexity index is 448. The van der Waals surface area contributed by atoms with Crippen LogP contribution in [0, 0.1) is 5.82 Å². The van der Waals surface area contributed by atoms with Gasteiger partial charge in [-0.15, -0.1) is 0 Å². The molecule has 0 aliphatic carbocycles. The summed E-state index contributed by atoms with van der Waals surface area (Å²) in [5, 5.41) is 0. The van der Waals surface area contributed by atoms with Crippen molar-refractivity contribution >= 4 is 5.78 Å². The molecule has 1 unspecified atom stereocenters. The van der Waals surface area contributed by atoms with E-state index in [4.69, 9.17) is 0 Å². The predicted molar refractivity (Wildman–Crippen MR) is 73.9 cm³/mol. The molecule has 4 heteroatoms. The molecule has 1 aromatic carbocycles. The van der Waals surface area contributed by atoms with E-state index in [0.29, 0.717) is 12.6 Å². The summed E-state index contributed by atoms with van der Waals surface area (Å²) in [4.78, 5) is 16.4. The Hall–Kier alpha value is -1.26. The number of hydrogen-bond donors (Lipinski definition) is 0. The Kier molecular flexibility index (Phi) is 4.66. The first-order valence-electron chi connectivity index (χ1n) is 6.74. The number of piperidine rings is 1. The van der Waals surface area contributed by atoms with Gasteiger partial charge in [0.2, 0.25) is 0 Å².